The number of hydrogen-bond donors (Lipinski definition) is 1. The summed E-state index contributed by atoms with van der Waals surface area (Å²) in [5.74, 6) is 1.15. The molecule has 0 bridgehead atoms. The molecule has 1 saturated heterocycles. The van der Waals surface area contributed by atoms with Crippen molar-refractivity contribution in [3.05, 3.63) is 68.2 Å². The topological polar surface area (TPSA) is 111 Å². The Labute approximate surface area is 182 Å². The number of benzene rings is 2. The lowest BCUT2D eigenvalue weighted by atomic mass is 10.1. The fraction of sp³-hybridized carbons (Fsp3) is 0.333. The number of anilines is 1. The van der Waals surface area contributed by atoms with Crippen LogP contribution in [0.25, 0.3) is 11.1 Å². The second kappa shape index (κ2) is 8.94. The molecule has 1 aliphatic rings. The van der Waals surface area contributed by atoms with Crippen molar-refractivity contribution in [3.63, 3.8) is 0 Å². The summed E-state index contributed by atoms with van der Waals surface area (Å²) in [6.07, 6.45) is 0. The number of carbonyl (C=O) groups excluding carboxylic acids is 1. The van der Waals surface area contributed by atoms with Crippen molar-refractivity contribution < 1.29 is 14.1 Å². The van der Waals surface area contributed by atoms with Crippen LogP contribution in [0, 0.1) is 17.0 Å². The Morgan fingerprint density at radius 1 is 1.23 bits per heavy atom. The Morgan fingerprint density at radius 2 is 2.00 bits per heavy atom. The van der Waals surface area contributed by atoms with Gasteiger partial charge in [0.15, 0.2) is 5.58 Å². The van der Waals surface area contributed by atoms with Gasteiger partial charge in [0.2, 0.25) is 5.91 Å². The maximum Gasteiger partial charge on any atom is 0.420 e. The van der Waals surface area contributed by atoms with Crippen LogP contribution in [0.1, 0.15) is 11.1 Å². The van der Waals surface area contributed by atoms with Crippen LogP contribution in [0.15, 0.2) is 45.6 Å². The molecular weight excluding hydrogens is 420 g/mol. The number of rotatable bonds is 6. The minimum Gasteiger partial charge on any atom is -0.407 e. The first-order valence-electron chi connectivity index (χ1n) is 9.88. The summed E-state index contributed by atoms with van der Waals surface area (Å²) in [4.78, 5) is 37.6. The van der Waals surface area contributed by atoms with Gasteiger partial charge in [0.25, 0.3) is 5.69 Å². The zero-order valence-electron chi connectivity index (χ0n) is 17.0. The zero-order chi connectivity index (χ0) is 22.0. The van der Waals surface area contributed by atoms with Crippen LogP contribution in [0.3, 0.4) is 0 Å². The minimum absolute atomic E-state index is 0.0740. The van der Waals surface area contributed by atoms with Gasteiger partial charge in [0.1, 0.15) is 6.54 Å². The molecule has 0 unspecified atom stereocenters. The monoisotopic (exact) mass is 442 g/mol. The second-order valence-corrected chi connectivity index (χ2v) is 8.67. The van der Waals surface area contributed by atoms with Gasteiger partial charge in [0, 0.05) is 42.9 Å². The number of oxazole rings is 1. The molecule has 1 aromatic heterocycles. The molecule has 4 rings (SSSR count). The first-order chi connectivity index (χ1) is 14.9. The molecule has 0 spiro atoms. The second-order valence-electron chi connectivity index (χ2n) is 7.45. The van der Waals surface area contributed by atoms with Crippen LogP contribution in [-0.4, -0.2) is 44.9 Å². The van der Waals surface area contributed by atoms with E-state index in [0.717, 1.165) is 42.3 Å². The maximum atomic E-state index is 12.7. The molecule has 1 fully saturated rings. The van der Waals surface area contributed by atoms with Gasteiger partial charge in [-0.05, 0) is 30.2 Å². The third-order valence-electron chi connectivity index (χ3n) is 5.25. The number of nitrogens with zero attached hydrogens (tertiary/aromatic N) is 3. The Morgan fingerprint density at radius 3 is 2.74 bits per heavy atom. The highest BCUT2D eigenvalue weighted by molar-refractivity contribution is 7.99. The molecule has 0 aliphatic carbocycles. The lowest BCUT2D eigenvalue weighted by Crippen LogP contribution is -2.32. The lowest BCUT2D eigenvalue weighted by Gasteiger charge is -2.26. The van der Waals surface area contributed by atoms with Crippen molar-refractivity contribution in [3.8, 4) is 0 Å². The summed E-state index contributed by atoms with van der Waals surface area (Å²) in [6.45, 7) is 4.59. The number of aromatic nitrogens is 1. The van der Waals surface area contributed by atoms with Gasteiger partial charge in [-0.3, -0.25) is 24.4 Å². The van der Waals surface area contributed by atoms with Crippen molar-refractivity contribution in [2.75, 3.05) is 29.9 Å². The molecule has 1 aliphatic heterocycles. The molecular formula is C21H22N4O5S. The zero-order valence-corrected chi connectivity index (χ0v) is 17.8. The van der Waals surface area contributed by atoms with Gasteiger partial charge in [-0.2, -0.15) is 11.8 Å². The van der Waals surface area contributed by atoms with Gasteiger partial charge in [0.05, 0.1) is 16.5 Å². The number of hydrogen-bond acceptors (Lipinski definition) is 7. The Kier molecular flexibility index (Phi) is 6.10. The number of non-ortho nitro benzene ring substituents is 1. The Hall–Kier alpha value is -3.11. The average Bonchev–Trinajstić information content (AvgIpc) is 3.05. The molecule has 0 saturated carbocycles. The minimum atomic E-state index is -0.737. The molecule has 31 heavy (non-hydrogen) atoms. The van der Waals surface area contributed by atoms with E-state index in [-0.39, 0.29) is 23.7 Å². The van der Waals surface area contributed by atoms with Crippen LogP contribution in [-0.2, 0) is 17.9 Å². The van der Waals surface area contributed by atoms with Crippen LogP contribution >= 0.6 is 11.8 Å². The van der Waals surface area contributed by atoms with Crippen molar-refractivity contribution in [2.45, 2.75) is 20.0 Å². The normalized spacial score (nSPS) is 14.6. The third kappa shape index (κ3) is 4.80. The van der Waals surface area contributed by atoms with E-state index in [1.807, 2.05) is 30.8 Å². The fourth-order valence-corrected chi connectivity index (χ4v) is 4.55. The van der Waals surface area contributed by atoms with Gasteiger partial charge < -0.3 is 9.73 Å². The van der Waals surface area contributed by atoms with E-state index in [0.29, 0.717) is 11.2 Å². The standard InChI is InChI=1S/C21H22N4O5S/c1-14-2-3-15(12-23-6-8-31-9-7-23)10-17(14)22-20(26)13-24-18-5-4-16(25(28)29)11-19(18)30-21(24)27/h2-5,10-11H,6-9,12-13H2,1H3,(H,22,26). The Bertz CT molecular complexity index is 1200. The number of nitro groups is 1. The molecule has 1 amide bonds. The van der Waals surface area contributed by atoms with E-state index in [4.69, 9.17) is 4.42 Å². The van der Waals surface area contributed by atoms with E-state index >= 15 is 0 Å². The number of thioether (sulfide) groups is 1. The van der Waals surface area contributed by atoms with Crippen LogP contribution in [0.5, 0.6) is 0 Å². The lowest BCUT2D eigenvalue weighted by molar-refractivity contribution is -0.384. The molecule has 0 atom stereocenters. The van der Waals surface area contributed by atoms with Gasteiger partial charge in [-0.25, -0.2) is 4.79 Å². The highest BCUT2D eigenvalue weighted by atomic mass is 32.2. The maximum absolute atomic E-state index is 12.7. The molecule has 0 radical (unpaired) electrons. The van der Waals surface area contributed by atoms with Crippen LogP contribution < -0.4 is 11.1 Å². The molecule has 162 valence electrons. The molecule has 10 heteroatoms. The molecule has 1 N–H and O–H groups in total. The van der Waals surface area contributed by atoms with Crippen LogP contribution in [0.2, 0.25) is 0 Å². The number of carbonyl (C=O) groups is 1. The van der Waals surface area contributed by atoms with Crippen molar-refractivity contribution >= 4 is 40.1 Å². The molecule has 3 aromatic rings. The number of fused-ring (bicyclic) bond motifs is 1. The highest BCUT2D eigenvalue weighted by Crippen LogP contribution is 2.22. The quantitative estimate of drug-likeness (QED) is 0.461. The van der Waals surface area contributed by atoms with Gasteiger partial charge >= 0.3 is 5.76 Å². The average molecular weight is 442 g/mol. The summed E-state index contributed by atoms with van der Waals surface area (Å²) >= 11 is 1.96. The molecule has 2 heterocycles. The van der Waals surface area contributed by atoms with E-state index in [1.54, 1.807) is 0 Å². The summed E-state index contributed by atoms with van der Waals surface area (Å²) in [5.41, 5.74) is 2.96. The van der Waals surface area contributed by atoms with E-state index in [1.165, 1.54) is 22.8 Å². The highest BCUT2D eigenvalue weighted by Gasteiger charge is 2.17. The molecule has 9 nitrogen and oxygen atoms in total. The predicted octanol–water partition coefficient (Wildman–Crippen LogP) is 3.00. The van der Waals surface area contributed by atoms with Crippen molar-refractivity contribution in [1.29, 1.82) is 0 Å². The summed E-state index contributed by atoms with van der Waals surface area (Å²) in [6, 6.07) is 9.87. The van der Waals surface area contributed by atoms with Gasteiger partial charge in [-0.15, -0.1) is 0 Å². The first-order valence-corrected chi connectivity index (χ1v) is 11.0. The number of nitrogens with one attached hydrogen (secondary N) is 1. The third-order valence-corrected chi connectivity index (χ3v) is 6.19. The first kappa shape index (κ1) is 21.1. The molecule has 2 aromatic carbocycles. The number of amides is 1. The van der Waals surface area contributed by atoms with E-state index < -0.39 is 10.7 Å². The SMILES string of the molecule is Cc1ccc(CN2CCSCC2)cc1NC(=O)Cn1c(=O)oc2cc([N+](=O)[O-])ccc21. The van der Waals surface area contributed by atoms with Crippen molar-refractivity contribution in [2.24, 2.45) is 0 Å². The smallest absolute Gasteiger partial charge is 0.407 e. The summed E-state index contributed by atoms with van der Waals surface area (Å²) < 4.78 is 6.25. The fourth-order valence-electron chi connectivity index (χ4n) is 3.57. The number of aryl methyl sites for hydroxylation is 1. The summed E-state index contributed by atoms with van der Waals surface area (Å²) in [7, 11) is 0. The van der Waals surface area contributed by atoms with Crippen molar-refractivity contribution in [1.82, 2.24) is 9.47 Å². The van der Waals surface area contributed by atoms with E-state index in [9.17, 15) is 19.7 Å². The van der Waals surface area contributed by atoms with E-state index in [2.05, 4.69) is 16.3 Å². The summed E-state index contributed by atoms with van der Waals surface area (Å²) in [5, 5.41) is 13.8. The predicted molar refractivity (Wildman–Crippen MR) is 120 cm³/mol. The largest absolute Gasteiger partial charge is 0.420 e. The van der Waals surface area contributed by atoms with Crippen LogP contribution in [0.4, 0.5) is 11.4 Å². The Balaban J connectivity index is 1.50. The van der Waals surface area contributed by atoms with Gasteiger partial charge in [-0.1, -0.05) is 12.1 Å². The number of nitro benzene ring substituents is 1.